The lowest BCUT2D eigenvalue weighted by atomic mass is 10.4. The number of hydrogen-bond donors (Lipinski definition) is 0. The Morgan fingerprint density at radius 3 is 2.25 bits per heavy atom. The highest BCUT2D eigenvalue weighted by Crippen LogP contribution is 2.25. The molecular weight excluding hydrogens is 284 g/mol. The number of alkyl halides is 3. The summed E-state index contributed by atoms with van der Waals surface area (Å²) in [7, 11) is 0. The molecule has 0 radical (unpaired) electrons. The minimum Gasteiger partial charge on any atom is -0.394 e. The van der Waals surface area contributed by atoms with Gasteiger partial charge in [-0.25, -0.2) is 4.79 Å². The molecule has 0 unspecified atom stereocenters. The van der Waals surface area contributed by atoms with E-state index in [-0.39, 0.29) is 12.8 Å². The number of amides is 2. The first kappa shape index (κ1) is 13.3. The second-order valence-electron chi connectivity index (χ2n) is 2.80. The molecule has 1 fully saturated rings. The van der Waals surface area contributed by atoms with Gasteiger partial charge in [0.2, 0.25) is 0 Å². The Hall–Kier alpha value is -0.720. The van der Waals surface area contributed by atoms with Crippen molar-refractivity contribution in [2.45, 2.75) is 17.4 Å². The molecule has 9 heteroatoms. The molecule has 1 heterocycles. The summed E-state index contributed by atoms with van der Waals surface area (Å²) in [6.07, 6.45) is -1.42. The van der Waals surface area contributed by atoms with Gasteiger partial charge >= 0.3 is 6.16 Å². The van der Waals surface area contributed by atoms with Crippen molar-refractivity contribution in [1.82, 2.24) is 5.06 Å². The maximum absolute atomic E-state index is 11.0. The minimum absolute atomic E-state index is 0.0193. The third-order valence-corrected chi connectivity index (χ3v) is 2.63. The fraction of sp³-hybridized carbons (Fsp3) is 0.571. The molecule has 0 aromatic carbocycles. The molecule has 90 valence electrons. The molecule has 0 aromatic heterocycles. The Morgan fingerprint density at radius 2 is 1.81 bits per heavy atom. The van der Waals surface area contributed by atoms with Gasteiger partial charge < -0.3 is 4.74 Å². The van der Waals surface area contributed by atoms with Crippen molar-refractivity contribution >= 4 is 52.8 Å². The number of carbonyl (C=O) groups excluding carboxylic acids is 3. The molecule has 0 N–H and O–H groups in total. The molecule has 0 aromatic rings. The predicted molar refractivity (Wildman–Crippen MR) is 53.8 cm³/mol. The average Bonchev–Trinajstić information content (AvgIpc) is 2.49. The number of hydroxylamine groups is 2. The van der Waals surface area contributed by atoms with Gasteiger partial charge in [0.05, 0.1) is 5.88 Å². The Bertz CT molecular complexity index is 316. The summed E-state index contributed by atoms with van der Waals surface area (Å²) < 4.78 is 2.37. The highest BCUT2D eigenvalue weighted by molar-refractivity contribution is 6.50. The van der Waals surface area contributed by atoms with Gasteiger partial charge in [0.25, 0.3) is 16.3 Å². The minimum atomic E-state index is -1.97. The van der Waals surface area contributed by atoms with Gasteiger partial charge in [0.1, 0.15) is 0 Å². The smallest absolute Gasteiger partial charge is 0.394 e. The SMILES string of the molecule is O=C(ON1C(=O)CCC1=O)OC(Cl)(Cl)CCl. The van der Waals surface area contributed by atoms with Crippen LogP contribution in [-0.2, 0) is 19.2 Å². The van der Waals surface area contributed by atoms with Gasteiger partial charge in [-0.3, -0.25) is 14.4 Å². The monoisotopic (exact) mass is 289 g/mol. The molecule has 1 saturated heterocycles. The van der Waals surface area contributed by atoms with Crippen LogP contribution in [-0.4, -0.2) is 33.4 Å². The molecule has 1 aliphatic heterocycles. The van der Waals surface area contributed by atoms with E-state index in [0.29, 0.717) is 5.06 Å². The summed E-state index contributed by atoms with van der Waals surface area (Å²) in [4.78, 5) is 37.4. The Balaban J connectivity index is 2.52. The first-order chi connectivity index (χ1) is 7.35. The molecular formula is C7H6Cl3NO5. The van der Waals surface area contributed by atoms with Crippen molar-refractivity contribution < 1.29 is 24.0 Å². The molecule has 6 nitrogen and oxygen atoms in total. The van der Waals surface area contributed by atoms with Crippen LogP contribution in [0.1, 0.15) is 12.8 Å². The molecule has 1 aliphatic rings. The van der Waals surface area contributed by atoms with Crippen LogP contribution in [0.2, 0.25) is 0 Å². The zero-order valence-corrected chi connectivity index (χ0v) is 10.0. The third kappa shape index (κ3) is 3.40. The second-order valence-corrected chi connectivity index (χ2v) is 4.48. The fourth-order valence-corrected chi connectivity index (χ4v) is 1.08. The quantitative estimate of drug-likeness (QED) is 0.448. The van der Waals surface area contributed by atoms with E-state index in [0.717, 1.165) is 0 Å². The highest BCUT2D eigenvalue weighted by Gasteiger charge is 2.36. The maximum Gasteiger partial charge on any atom is 0.536 e. The molecule has 16 heavy (non-hydrogen) atoms. The molecule has 0 bridgehead atoms. The van der Waals surface area contributed by atoms with Crippen LogP contribution in [0.4, 0.5) is 4.79 Å². The number of imide groups is 1. The van der Waals surface area contributed by atoms with Crippen LogP contribution < -0.4 is 0 Å². The zero-order chi connectivity index (χ0) is 12.3. The second kappa shape index (κ2) is 5.07. The van der Waals surface area contributed by atoms with Gasteiger partial charge in [-0.15, -0.1) is 11.6 Å². The summed E-state index contributed by atoms with van der Waals surface area (Å²) in [6, 6.07) is 0. The van der Waals surface area contributed by atoms with Crippen molar-refractivity contribution in [2.24, 2.45) is 0 Å². The van der Waals surface area contributed by atoms with Crippen LogP contribution in [0.3, 0.4) is 0 Å². The summed E-state index contributed by atoms with van der Waals surface area (Å²) >= 11 is 16.1. The lowest BCUT2D eigenvalue weighted by Gasteiger charge is -2.18. The number of ether oxygens (including phenoxy) is 1. The van der Waals surface area contributed by atoms with Crippen molar-refractivity contribution in [3.05, 3.63) is 0 Å². The van der Waals surface area contributed by atoms with Crippen molar-refractivity contribution in [3.63, 3.8) is 0 Å². The molecule has 2 amide bonds. The Morgan fingerprint density at radius 1 is 1.31 bits per heavy atom. The maximum atomic E-state index is 11.0. The van der Waals surface area contributed by atoms with E-state index in [9.17, 15) is 14.4 Å². The first-order valence-corrected chi connectivity index (χ1v) is 5.35. The topological polar surface area (TPSA) is 72.9 Å². The van der Waals surface area contributed by atoms with E-state index >= 15 is 0 Å². The molecule has 0 atom stereocenters. The number of halogens is 3. The largest absolute Gasteiger partial charge is 0.536 e. The number of carbonyl (C=O) groups is 3. The van der Waals surface area contributed by atoms with E-state index in [1.165, 1.54) is 0 Å². The first-order valence-electron chi connectivity index (χ1n) is 4.06. The summed E-state index contributed by atoms with van der Waals surface area (Å²) in [5.74, 6) is -1.67. The summed E-state index contributed by atoms with van der Waals surface area (Å²) in [5, 5.41) is 0.306. The van der Waals surface area contributed by atoms with E-state index < -0.39 is 28.4 Å². The summed E-state index contributed by atoms with van der Waals surface area (Å²) in [6.45, 7) is 0. The van der Waals surface area contributed by atoms with Gasteiger partial charge in [0.15, 0.2) is 0 Å². The van der Waals surface area contributed by atoms with Gasteiger partial charge in [-0.1, -0.05) is 28.3 Å². The van der Waals surface area contributed by atoms with Crippen LogP contribution in [0.5, 0.6) is 0 Å². The van der Waals surface area contributed by atoms with Crippen LogP contribution in [0, 0.1) is 0 Å². The van der Waals surface area contributed by atoms with Gasteiger partial charge in [0, 0.05) is 12.8 Å². The van der Waals surface area contributed by atoms with Crippen LogP contribution >= 0.6 is 34.8 Å². The highest BCUT2D eigenvalue weighted by atomic mass is 35.5. The third-order valence-electron chi connectivity index (χ3n) is 1.56. The number of nitrogens with zero attached hydrogens (tertiary/aromatic N) is 1. The van der Waals surface area contributed by atoms with E-state index in [1.807, 2.05) is 0 Å². The van der Waals surface area contributed by atoms with Crippen molar-refractivity contribution in [3.8, 4) is 0 Å². The fourth-order valence-electron chi connectivity index (χ4n) is 0.900. The van der Waals surface area contributed by atoms with E-state index in [1.54, 1.807) is 0 Å². The molecule has 0 spiro atoms. The van der Waals surface area contributed by atoms with Gasteiger partial charge in [-0.05, 0) is 0 Å². The van der Waals surface area contributed by atoms with E-state index in [2.05, 4.69) is 9.57 Å². The Kier molecular flexibility index (Phi) is 4.23. The normalized spacial score (nSPS) is 16.6. The van der Waals surface area contributed by atoms with Crippen molar-refractivity contribution in [1.29, 1.82) is 0 Å². The molecule has 1 rings (SSSR count). The van der Waals surface area contributed by atoms with Crippen LogP contribution in [0.15, 0.2) is 0 Å². The number of hydrogen-bond acceptors (Lipinski definition) is 5. The average molecular weight is 290 g/mol. The van der Waals surface area contributed by atoms with Crippen LogP contribution in [0.25, 0.3) is 0 Å². The Labute approximate surface area is 105 Å². The van der Waals surface area contributed by atoms with Crippen molar-refractivity contribution in [2.75, 3.05) is 5.88 Å². The molecule has 0 saturated carbocycles. The molecule has 0 aliphatic carbocycles. The van der Waals surface area contributed by atoms with Gasteiger partial charge in [-0.2, -0.15) is 0 Å². The van der Waals surface area contributed by atoms with E-state index in [4.69, 9.17) is 34.8 Å². The lowest BCUT2D eigenvalue weighted by Crippen LogP contribution is -2.35. The zero-order valence-electron chi connectivity index (χ0n) is 7.74. The standard InChI is InChI=1S/C7H6Cl3NO5/c8-3-7(9,10)15-6(14)16-11-4(12)1-2-5(11)13/h1-3H2. The summed E-state index contributed by atoms with van der Waals surface area (Å²) in [5.41, 5.74) is 0. The lowest BCUT2D eigenvalue weighted by molar-refractivity contribution is -0.177. The predicted octanol–water partition coefficient (Wildman–Crippen LogP) is 1.57. The number of rotatable bonds is 3.